The van der Waals surface area contributed by atoms with E-state index in [1.54, 1.807) is 22.8 Å². The topological polar surface area (TPSA) is 84.7 Å². The van der Waals surface area contributed by atoms with Crippen LogP contribution < -0.4 is 10.2 Å². The van der Waals surface area contributed by atoms with Crippen LogP contribution in [0.4, 0.5) is 11.9 Å². The fourth-order valence-corrected chi connectivity index (χ4v) is 2.93. The van der Waals surface area contributed by atoms with E-state index < -0.39 is 0 Å². The van der Waals surface area contributed by atoms with E-state index in [0.29, 0.717) is 23.0 Å². The Labute approximate surface area is 163 Å². The number of hydrogen-bond acceptors (Lipinski definition) is 8. The largest absolute Gasteiger partial charge is 0.352 e. The first-order chi connectivity index (χ1) is 13.0. The molecule has 0 aliphatic rings. The molecule has 0 amide bonds. The summed E-state index contributed by atoms with van der Waals surface area (Å²) < 4.78 is 1.59. The third kappa shape index (κ3) is 5.16. The van der Waals surface area contributed by atoms with Crippen LogP contribution in [0, 0.1) is 0 Å². The number of nitrogens with one attached hydrogen (secondary N) is 1. The average Bonchev–Trinajstić information content (AvgIpc) is 3.16. The van der Waals surface area contributed by atoms with Crippen LogP contribution >= 0.6 is 11.8 Å². The minimum absolute atomic E-state index is 0.267. The molecular weight excluding hydrogens is 360 g/mol. The molecule has 27 heavy (non-hydrogen) atoms. The Morgan fingerprint density at radius 1 is 1.15 bits per heavy atom. The molecule has 142 valence electrons. The lowest BCUT2D eigenvalue weighted by molar-refractivity contribution is 0.731. The van der Waals surface area contributed by atoms with Gasteiger partial charge in [0.25, 0.3) is 5.95 Å². The van der Waals surface area contributed by atoms with E-state index >= 15 is 0 Å². The summed E-state index contributed by atoms with van der Waals surface area (Å²) in [6, 6.07) is 10.5. The van der Waals surface area contributed by atoms with Crippen LogP contribution in [0.5, 0.6) is 0 Å². The first kappa shape index (κ1) is 19.1. The molecule has 0 fully saturated rings. The van der Waals surface area contributed by atoms with E-state index in [4.69, 9.17) is 0 Å². The van der Waals surface area contributed by atoms with Crippen molar-refractivity contribution in [3.05, 3.63) is 42.2 Å². The summed E-state index contributed by atoms with van der Waals surface area (Å²) in [7, 11) is 3.79. The van der Waals surface area contributed by atoms with Gasteiger partial charge in [0.05, 0.1) is 0 Å². The Bertz CT molecular complexity index is 865. The van der Waals surface area contributed by atoms with E-state index in [1.807, 2.05) is 37.2 Å². The van der Waals surface area contributed by atoms with Gasteiger partial charge in [0, 0.05) is 25.9 Å². The molecule has 2 aromatic heterocycles. The highest BCUT2D eigenvalue weighted by atomic mass is 32.2. The summed E-state index contributed by atoms with van der Waals surface area (Å²) in [5.74, 6) is 2.36. The molecule has 0 bridgehead atoms. The van der Waals surface area contributed by atoms with Crippen LogP contribution in [-0.2, 0) is 5.75 Å². The summed E-state index contributed by atoms with van der Waals surface area (Å²) in [6.07, 6.45) is 2.61. The molecule has 1 N–H and O–H groups in total. The van der Waals surface area contributed by atoms with Gasteiger partial charge in [-0.15, -0.1) is 5.10 Å². The van der Waals surface area contributed by atoms with Crippen molar-refractivity contribution in [1.82, 2.24) is 29.7 Å². The fourth-order valence-electron chi connectivity index (χ4n) is 2.18. The van der Waals surface area contributed by atoms with Crippen LogP contribution in [0.3, 0.4) is 0 Å². The lowest BCUT2D eigenvalue weighted by Gasteiger charge is -2.15. The number of rotatable bonds is 8. The van der Waals surface area contributed by atoms with Gasteiger partial charge >= 0.3 is 0 Å². The van der Waals surface area contributed by atoms with Gasteiger partial charge in [0.2, 0.25) is 17.1 Å². The van der Waals surface area contributed by atoms with Crippen molar-refractivity contribution < 1.29 is 0 Å². The van der Waals surface area contributed by atoms with Crippen LogP contribution in [0.1, 0.15) is 25.8 Å². The van der Waals surface area contributed by atoms with Crippen LogP contribution in [0.25, 0.3) is 5.95 Å². The number of thioether (sulfide) groups is 1. The molecule has 3 rings (SSSR count). The molecule has 2 heterocycles. The maximum atomic E-state index is 4.51. The number of hydrogen-bond donors (Lipinski definition) is 1. The second-order valence-electron chi connectivity index (χ2n) is 6.35. The van der Waals surface area contributed by atoms with Gasteiger partial charge < -0.3 is 10.2 Å². The second-order valence-corrected chi connectivity index (χ2v) is 7.30. The highest BCUT2D eigenvalue weighted by Crippen LogP contribution is 2.19. The summed E-state index contributed by atoms with van der Waals surface area (Å²) in [4.78, 5) is 19.6. The Morgan fingerprint density at radius 3 is 2.63 bits per heavy atom. The van der Waals surface area contributed by atoms with E-state index in [1.165, 1.54) is 5.56 Å². The van der Waals surface area contributed by atoms with Crippen LogP contribution in [-0.4, -0.2) is 49.9 Å². The van der Waals surface area contributed by atoms with Gasteiger partial charge in [-0.2, -0.15) is 19.6 Å². The Kier molecular flexibility index (Phi) is 6.23. The number of anilines is 2. The van der Waals surface area contributed by atoms with Gasteiger partial charge in [-0.05, 0) is 18.9 Å². The molecular formula is C18H24N8S. The zero-order valence-corrected chi connectivity index (χ0v) is 16.8. The van der Waals surface area contributed by atoms with Gasteiger partial charge in [-0.25, -0.2) is 4.98 Å². The Hall–Kier alpha value is -2.68. The molecule has 0 spiro atoms. The molecule has 0 aliphatic carbocycles. The van der Waals surface area contributed by atoms with E-state index in [9.17, 15) is 0 Å². The number of aromatic nitrogens is 6. The third-order valence-corrected chi connectivity index (χ3v) is 4.81. The van der Waals surface area contributed by atoms with Crippen molar-refractivity contribution >= 4 is 23.7 Å². The molecule has 0 aliphatic heterocycles. The van der Waals surface area contributed by atoms with E-state index in [2.05, 4.69) is 56.3 Å². The quantitative estimate of drug-likeness (QED) is 0.593. The fraction of sp³-hybridized carbons (Fsp3) is 0.389. The van der Waals surface area contributed by atoms with E-state index in [0.717, 1.165) is 12.2 Å². The van der Waals surface area contributed by atoms with Crippen molar-refractivity contribution in [1.29, 1.82) is 0 Å². The van der Waals surface area contributed by atoms with Crippen LogP contribution in [0.2, 0.25) is 0 Å². The first-order valence-electron chi connectivity index (χ1n) is 8.84. The molecule has 1 atom stereocenters. The number of benzene rings is 1. The van der Waals surface area contributed by atoms with Crippen molar-refractivity contribution in [2.45, 2.75) is 37.2 Å². The predicted octanol–water partition coefficient (Wildman–Crippen LogP) is 3.02. The first-order valence-corrected chi connectivity index (χ1v) is 9.82. The zero-order valence-electron chi connectivity index (χ0n) is 16.0. The summed E-state index contributed by atoms with van der Waals surface area (Å²) >= 11 is 1.58. The highest BCUT2D eigenvalue weighted by Gasteiger charge is 2.13. The van der Waals surface area contributed by atoms with E-state index in [-0.39, 0.29) is 6.04 Å². The lowest BCUT2D eigenvalue weighted by Crippen LogP contribution is -2.21. The van der Waals surface area contributed by atoms with Crippen molar-refractivity contribution in [3.8, 4) is 5.95 Å². The maximum Gasteiger partial charge on any atom is 0.258 e. The predicted molar refractivity (Wildman–Crippen MR) is 108 cm³/mol. The molecule has 1 aromatic carbocycles. The minimum atomic E-state index is 0.267. The highest BCUT2D eigenvalue weighted by molar-refractivity contribution is 7.98. The monoisotopic (exact) mass is 384 g/mol. The Balaban J connectivity index is 1.79. The standard InChI is InChI=1S/C18H24N8S/c1-5-13(2)20-15-21-16(25(3)4)23-17(22-15)26-12-19-18(24-26)27-11-14-9-7-6-8-10-14/h6-10,12-13H,5,11H2,1-4H3,(H,20,21,22,23)/t13-/m1/s1. The van der Waals surface area contributed by atoms with Crippen molar-refractivity contribution in [3.63, 3.8) is 0 Å². The number of nitrogens with zero attached hydrogens (tertiary/aromatic N) is 7. The average molecular weight is 385 g/mol. The third-order valence-electron chi connectivity index (χ3n) is 3.89. The lowest BCUT2D eigenvalue weighted by atomic mass is 10.2. The molecule has 3 aromatic rings. The molecule has 0 radical (unpaired) electrons. The minimum Gasteiger partial charge on any atom is -0.352 e. The summed E-state index contributed by atoms with van der Waals surface area (Å²) in [6.45, 7) is 4.20. The summed E-state index contributed by atoms with van der Waals surface area (Å²) in [5.41, 5.74) is 1.23. The van der Waals surface area contributed by atoms with Gasteiger partial charge in [-0.1, -0.05) is 49.0 Å². The van der Waals surface area contributed by atoms with Crippen molar-refractivity contribution in [2.24, 2.45) is 0 Å². The molecule has 8 nitrogen and oxygen atoms in total. The normalized spacial score (nSPS) is 12.0. The maximum absolute atomic E-state index is 4.51. The van der Waals surface area contributed by atoms with Crippen LogP contribution in [0.15, 0.2) is 41.8 Å². The smallest absolute Gasteiger partial charge is 0.258 e. The zero-order chi connectivity index (χ0) is 19.2. The Morgan fingerprint density at radius 2 is 1.93 bits per heavy atom. The molecule has 9 heteroatoms. The molecule has 0 unspecified atom stereocenters. The SMILES string of the molecule is CC[C@@H](C)Nc1nc(N(C)C)nc(-n2cnc(SCc3ccccc3)n2)n1. The van der Waals surface area contributed by atoms with Gasteiger partial charge in [-0.3, -0.25) is 0 Å². The van der Waals surface area contributed by atoms with Gasteiger partial charge in [0.1, 0.15) is 6.33 Å². The summed E-state index contributed by atoms with van der Waals surface area (Å²) in [5, 5.41) is 8.48. The van der Waals surface area contributed by atoms with Gasteiger partial charge in [0.15, 0.2) is 0 Å². The van der Waals surface area contributed by atoms with Crippen molar-refractivity contribution in [2.75, 3.05) is 24.3 Å². The second kappa shape index (κ2) is 8.81. The molecule has 0 saturated carbocycles. The molecule has 0 saturated heterocycles.